The molecule has 0 radical (unpaired) electrons. The van der Waals surface area contributed by atoms with Gasteiger partial charge >= 0.3 is 0 Å². The number of likely N-dealkylation sites (tertiary alicyclic amines) is 1. The molecule has 6 nitrogen and oxygen atoms in total. The van der Waals surface area contributed by atoms with Gasteiger partial charge in [0.2, 0.25) is 0 Å². The smallest absolute Gasteiger partial charge is 0.273 e. The number of benzene rings is 1. The highest BCUT2D eigenvalue weighted by molar-refractivity contribution is 5.48. The van der Waals surface area contributed by atoms with Crippen molar-refractivity contribution in [3.8, 4) is 11.5 Å². The third-order valence-electron chi connectivity index (χ3n) is 3.90. The Labute approximate surface area is 124 Å². The Morgan fingerprint density at radius 1 is 1.33 bits per heavy atom. The van der Waals surface area contributed by atoms with Crippen LogP contribution in [0.15, 0.2) is 18.2 Å². The molecule has 21 heavy (non-hydrogen) atoms. The Bertz CT molecular complexity index is 485. The number of non-ortho nitro benzene ring substituents is 1. The van der Waals surface area contributed by atoms with Gasteiger partial charge in [0.05, 0.1) is 18.1 Å². The second-order valence-corrected chi connectivity index (χ2v) is 5.46. The number of nitrogens with zero attached hydrogens (tertiary/aromatic N) is 2. The van der Waals surface area contributed by atoms with E-state index in [1.165, 1.54) is 32.1 Å². The summed E-state index contributed by atoms with van der Waals surface area (Å²) in [6, 6.07) is 4.41. The molecule has 2 rings (SSSR count). The van der Waals surface area contributed by atoms with Crippen molar-refractivity contribution < 1.29 is 14.4 Å². The quantitative estimate of drug-likeness (QED) is 0.596. The summed E-state index contributed by atoms with van der Waals surface area (Å²) in [7, 11) is 1.48. The van der Waals surface area contributed by atoms with Crippen molar-refractivity contribution >= 4 is 5.69 Å². The summed E-state index contributed by atoms with van der Waals surface area (Å²) in [4.78, 5) is 12.7. The molecule has 0 spiro atoms. The first kappa shape index (κ1) is 15.6. The van der Waals surface area contributed by atoms with Crippen LogP contribution in [0.3, 0.4) is 0 Å². The zero-order valence-corrected chi connectivity index (χ0v) is 12.6. The molecule has 0 bridgehead atoms. The minimum atomic E-state index is -0.443. The van der Waals surface area contributed by atoms with Crippen molar-refractivity contribution in [3.05, 3.63) is 28.3 Å². The van der Waals surface area contributed by atoms with Crippen LogP contribution in [0.5, 0.6) is 11.5 Å². The van der Waals surface area contributed by atoms with Crippen molar-refractivity contribution in [3.63, 3.8) is 0 Å². The highest BCUT2D eigenvalue weighted by atomic mass is 16.6. The summed E-state index contributed by atoms with van der Waals surface area (Å²) < 4.78 is 10.9. The van der Waals surface area contributed by atoms with Crippen LogP contribution in [-0.2, 0) is 0 Å². The molecule has 6 heteroatoms. The van der Waals surface area contributed by atoms with Gasteiger partial charge in [-0.25, -0.2) is 0 Å². The Balaban J connectivity index is 1.86. The van der Waals surface area contributed by atoms with Crippen LogP contribution < -0.4 is 9.47 Å². The summed E-state index contributed by atoms with van der Waals surface area (Å²) in [5, 5.41) is 10.7. The second-order valence-electron chi connectivity index (χ2n) is 5.46. The van der Waals surface area contributed by atoms with Gasteiger partial charge in [-0.2, -0.15) is 0 Å². The molecule has 1 saturated heterocycles. The van der Waals surface area contributed by atoms with Gasteiger partial charge in [0.25, 0.3) is 5.69 Å². The van der Waals surface area contributed by atoms with Crippen LogP contribution in [0, 0.1) is 16.0 Å². The van der Waals surface area contributed by atoms with Crippen LogP contribution in [0.4, 0.5) is 5.69 Å². The summed E-state index contributed by atoms with van der Waals surface area (Å²) in [6.07, 6.45) is 2.47. The molecule has 0 atom stereocenters. The van der Waals surface area contributed by atoms with Gasteiger partial charge in [0.15, 0.2) is 11.5 Å². The van der Waals surface area contributed by atoms with Crippen molar-refractivity contribution in [2.45, 2.75) is 19.8 Å². The van der Waals surface area contributed by atoms with E-state index in [4.69, 9.17) is 9.47 Å². The molecule has 0 amide bonds. The normalized spacial score (nSPS) is 16.7. The third-order valence-corrected chi connectivity index (χ3v) is 3.90. The number of rotatable bonds is 6. The lowest BCUT2D eigenvalue weighted by molar-refractivity contribution is -0.384. The lowest BCUT2D eigenvalue weighted by Crippen LogP contribution is -2.35. The van der Waals surface area contributed by atoms with Gasteiger partial charge in [0, 0.05) is 12.6 Å². The Morgan fingerprint density at radius 3 is 2.67 bits per heavy atom. The molecule has 116 valence electrons. The van der Waals surface area contributed by atoms with E-state index in [0.29, 0.717) is 18.1 Å². The van der Waals surface area contributed by atoms with Gasteiger partial charge in [-0.3, -0.25) is 15.0 Å². The fourth-order valence-electron chi connectivity index (χ4n) is 2.46. The third kappa shape index (κ3) is 4.32. The van der Waals surface area contributed by atoms with E-state index in [0.717, 1.165) is 25.6 Å². The summed E-state index contributed by atoms with van der Waals surface area (Å²) in [5.41, 5.74) is 0.00391. The highest BCUT2D eigenvalue weighted by Gasteiger charge is 2.16. The molecule has 0 unspecified atom stereocenters. The van der Waals surface area contributed by atoms with Crippen molar-refractivity contribution in [1.29, 1.82) is 0 Å². The maximum absolute atomic E-state index is 10.7. The lowest BCUT2D eigenvalue weighted by atomic mass is 9.99. The summed E-state index contributed by atoms with van der Waals surface area (Å²) >= 11 is 0. The first-order chi connectivity index (χ1) is 10.1. The summed E-state index contributed by atoms with van der Waals surface area (Å²) in [5.74, 6) is 1.77. The molecule has 0 N–H and O–H groups in total. The number of hydrogen-bond acceptors (Lipinski definition) is 5. The summed E-state index contributed by atoms with van der Waals surface area (Å²) in [6.45, 7) is 5.94. The molecular formula is C15H22N2O4. The Kier molecular flexibility index (Phi) is 5.38. The van der Waals surface area contributed by atoms with Crippen LogP contribution in [0.25, 0.3) is 0 Å². The minimum absolute atomic E-state index is 0.00391. The molecule has 1 aromatic rings. The number of nitro groups is 1. The molecule has 1 aliphatic heterocycles. The number of piperidine rings is 1. The van der Waals surface area contributed by atoms with E-state index in [2.05, 4.69) is 11.8 Å². The Hall–Kier alpha value is -1.82. The SMILES string of the molecule is COc1cc([N+](=O)[O-])ccc1OCCN1CCC(C)CC1. The van der Waals surface area contributed by atoms with Gasteiger partial charge in [-0.05, 0) is 37.9 Å². The fraction of sp³-hybridized carbons (Fsp3) is 0.600. The van der Waals surface area contributed by atoms with E-state index < -0.39 is 4.92 Å². The predicted molar refractivity (Wildman–Crippen MR) is 80.0 cm³/mol. The Morgan fingerprint density at radius 2 is 2.05 bits per heavy atom. The zero-order chi connectivity index (χ0) is 15.2. The zero-order valence-electron chi connectivity index (χ0n) is 12.6. The highest BCUT2D eigenvalue weighted by Crippen LogP contribution is 2.31. The lowest BCUT2D eigenvalue weighted by Gasteiger charge is -2.29. The van der Waals surface area contributed by atoms with Crippen LogP contribution in [0.1, 0.15) is 19.8 Å². The van der Waals surface area contributed by atoms with E-state index in [1.54, 1.807) is 6.07 Å². The first-order valence-corrected chi connectivity index (χ1v) is 7.27. The monoisotopic (exact) mass is 294 g/mol. The molecule has 1 fully saturated rings. The molecule has 1 heterocycles. The average Bonchev–Trinajstić information content (AvgIpc) is 2.49. The molecule has 1 aliphatic rings. The second kappa shape index (κ2) is 7.26. The molecular weight excluding hydrogens is 272 g/mol. The van der Waals surface area contributed by atoms with Crippen molar-refractivity contribution in [2.24, 2.45) is 5.92 Å². The van der Waals surface area contributed by atoms with Crippen LogP contribution in [0.2, 0.25) is 0 Å². The fourth-order valence-corrected chi connectivity index (χ4v) is 2.46. The first-order valence-electron chi connectivity index (χ1n) is 7.27. The molecule has 0 saturated carbocycles. The van der Waals surface area contributed by atoms with Crippen LogP contribution in [-0.4, -0.2) is 43.2 Å². The number of hydrogen-bond donors (Lipinski definition) is 0. The largest absolute Gasteiger partial charge is 0.493 e. The topological polar surface area (TPSA) is 64.8 Å². The molecule has 0 aliphatic carbocycles. The standard InChI is InChI=1S/C15H22N2O4/c1-12-5-7-16(8-6-12)9-10-21-14-4-3-13(17(18)19)11-15(14)20-2/h3-4,11-12H,5-10H2,1-2H3. The van der Waals surface area contributed by atoms with Crippen LogP contribution >= 0.6 is 0 Å². The van der Waals surface area contributed by atoms with Gasteiger partial charge in [-0.15, -0.1) is 0 Å². The molecule has 0 aromatic heterocycles. The minimum Gasteiger partial charge on any atom is -0.493 e. The van der Waals surface area contributed by atoms with E-state index in [-0.39, 0.29) is 5.69 Å². The van der Waals surface area contributed by atoms with E-state index in [1.807, 2.05) is 0 Å². The number of methoxy groups -OCH3 is 1. The average molecular weight is 294 g/mol. The van der Waals surface area contributed by atoms with Crippen molar-refractivity contribution in [1.82, 2.24) is 4.90 Å². The van der Waals surface area contributed by atoms with Gasteiger partial charge < -0.3 is 9.47 Å². The molecule has 1 aromatic carbocycles. The maximum atomic E-state index is 10.7. The van der Waals surface area contributed by atoms with Gasteiger partial charge in [-0.1, -0.05) is 6.92 Å². The number of nitro benzene ring substituents is 1. The number of ether oxygens (including phenoxy) is 2. The predicted octanol–water partition coefficient (Wildman–Crippen LogP) is 2.71. The van der Waals surface area contributed by atoms with Gasteiger partial charge in [0.1, 0.15) is 6.61 Å². The van der Waals surface area contributed by atoms with Crippen molar-refractivity contribution in [2.75, 3.05) is 33.4 Å². The van der Waals surface area contributed by atoms with E-state index in [9.17, 15) is 10.1 Å². The van der Waals surface area contributed by atoms with E-state index >= 15 is 0 Å². The maximum Gasteiger partial charge on any atom is 0.273 e.